The highest BCUT2D eigenvalue weighted by Gasteiger charge is 2.33. The van der Waals surface area contributed by atoms with Crippen LogP contribution < -0.4 is 5.32 Å². The van der Waals surface area contributed by atoms with E-state index in [0.717, 1.165) is 11.0 Å². The normalized spacial score (nSPS) is 14.5. The fourth-order valence-corrected chi connectivity index (χ4v) is 3.24. The van der Waals surface area contributed by atoms with Crippen molar-refractivity contribution >= 4 is 39.3 Å². The fraction of sp³-hybridized carbons (Fsp3) is 0.211. The second-order valence-electron chi connectivity index (χ2n) is 6.22. The summed E-state index contributed by atoms with van der Waals surface area (Å²) in [6.45, 7) is 0.126. The molecular formula is C19H14BrF3N2O3. The molecule has 2 aromatic carbocycles. The lowest BCUT2D eigenvalue weighted by molar-refractivity contribution is -0.139. The van der Waals surface area contributed by atoms with Crippen LogP contribution in [-0.2, 0) is 22.3 Å². The molecular weight excluding hydrogens is 441 g/mol. The van der Waals surface area contributed by atoms with Crippen LogP contribution in [0.15, 0.2) is 46.9 Å². The molecule has 1 fully saturated rings. The van der Waals surface area contributed by atoms with Crippen LogP contribution >= 0.6 is 15.9 Å². The lowest BCUT2D eigenvalue weighted by Gasteiger charge is -2.14. The van der Waals surface area contributed by atoms with Crippen molar-refractivity contribution in [2.45, 2.75) is 25.6 Å². The minimum Gasteiger partial charge on any atom is -0.322 e. The van der Waals surface area contributed by atoms with Crippen molar-refractivity contribution in [3.05, 3.63) is 63.6 Å². The number of likely N-dealkylation sites (tertiary alicyclic amines) is 1. The number of carbonyl (C=O) groups is 3. The zero-order valence-corrected chi connectivity index (χ0v) is 15.9. The lowest BCUT2D eigenvalue weighted by atomic mass is 10.1. The predicted octanol–water partition coefficient (Wildman–Crippen LogP) is 4.37. The maximum Gasteiger partial charge on any atom is 0.417 e. The molecule has 0 saturated carbocycles. The largest absolute Gasteiger partial charge is 0.417 e. The van der Waals surface area contributed by atoms with Crippen LogP contribution in [0.4, 0.5) is 18.9 Å². The Morgan fingerprint density at radius 1 is 1.04 bits per heavy atom. The van der Waals surface area contributed by atoms with Gasteiger partial charge in [-0.1, -0.05) is 28.1 Å². The van der Waals surface area contributed by atoms with Gasteiger partial charge in [0.1, 0.15) is 0 Å². The van der Waals surface area contributed by atoms with Crippen LogP contribution in [-0.4, -0.2) is 22.6 Å². The van der Waals surface area contributed by atoms with Gasteiger partial charge in [-0.2, -0.15) is 13.2 Å². The molecule has 9 heteroatoms. The molecule has 1 heterocycles. The van der Waals surface area contributed by atoms with Crippen molar-refractivity contribution in [2.24, 2.45) is 0 Å². The third-order valence-electron chi connectivity index (χ3n) is 4.24. The minimum absolute atomic E-state index is 0.0119. The number of nitrogens with zero attached hydrogens (tertiary/aromatic N) is 1. The van der Waals surface area contributed by atoms with Gasteiger partial charge in [0.15, 0.2) is 0 Å². The Morgan fingerprint density at radius 2 is 1.64 bits per heavy atom. The number of alkyl halides is 3. The summed E-state index contributed by atoms with van der Waals surface area (Å²) in [6, 6.07) is 9.58. The van der Waals surface area contributed by atoms with Crippen molar-refractivity contribution in [1.82, 2.24) is 4.90 Å². The number of benzene rings is 2. The summed E-state index contributed by atoms with van der Waals surface area (Å²) in [4.78, 5) is 36.8. The van der Waals surface area contributed by atoms with E-state index in [1.54, 1.807) is 12.1 Å². The standard InChI is InChI=1S/C19H14BrF3N2O3/c20-15-6-5-13(9-14(15)19(21,22)23)24-18(28)12-3-1-11(2-4-12)10-25-16(26)7-8-17(25)27/h1-6,9H,7-8,10H2,(H,24,28). The maximum atomic E-state index is 13.0. The van der Waals surface area contributed by atoms with E-state index in [1.165, 1.54) is 24.3 Å². The Hall–Kier alpha value is -2.68. The molecule has 0 unspecified atom stereocenters. The Kier molecular flexibility index (Phi) is 5.55. The van der Waals surface area contributed by atoms with Crippen molar-refractivity contribution in [3.63, 3.8) is 0 Å². The van der Waals surface area contributed by atoms with E-state index in [0.29, 0.717) is 5.56 Å². The lowest BCUT2D eigenvalue weighted by Crippen LogP contribution is -2.28. The number of anilines is 1. The van der Waals surface area contributed by atoms with Crippen molar-refractivity contribution < 1.29 is 27.6 Å². The number of imide groups is 1. The van der Waals surface area contributed by atoms with E-state index in [9.17, 15) is 27.6 Å². The molecule has 146 valence electrons. The molecule has 3 rings (SSSR count). The summed E-state index contributed by atoms with van der Waals surface area (Å²) in [5.74, 6) is -1.04. The number of nitrogens with one attached hydrogen (secondary N) is 1. The van der Waals surface area contributed by atoms with Gasteiger partial charge < -0.3 is 5.32 Å². The van der Waals surface area contributed by atoms with Gasteiger partial charge in [0, 0.05) is 28.6 Å². The van der Waals surface area contributed by atoms with Gasteiger partial charge in [-0.3, -0.25) is 19.3 Å². The average Bonchev–Trinajstić information content (AvgIpc) is 2.95. The molecule has 0 spiro atoms. The quantitative estimate of drug-likeness (QED) is 0.697. The highest BCUT2D eigenvalue weighted by molar-refractivity contribution is 9.10. The van der Waals surface area contributed by atoms with Crippen LogP contribution in [0.5, 0.6) is 0 Å². The number of carbonyl (C=O) groups excluding carboxylic acids is 3. The molecule has 0 bridgehead atoms. The van der Waals surface area contributed by atoms with Crippen molar-refractivity contribution in [1.29, 1.82) is 0 Å². The Bertz CT molecular complexity index is 926. The minimum atomic E-state index is -4.55. The number of amides is 3. The summed E-state index contributed by atoms with van der Waals surface area (Å²) >= 11 is 2.84. The molecule has 5 nitrogen and oxygen atoms in total. The second-order valence-corrected chi connectivity index (χ2v) is 7.07. The van der Waals surface area contributed by atoms with Gasteiger partial charge in [-0.25, -0.2) is 0 Å². The van der Waals surface area contributed by atoms with Crippen LogP contribution in [0.2, 0.25) is 0 Å². The number of halogens is 4. The number of hydrogen-bond donors (Lipinski definition) is 1. The summed E-state index contributed by atoms with van der Waals surface area (Å²) in [7, 11) is 0. The number of rotatable bonds is 4. The summed E-state index contributed by atoms with van der Waals surface area (Å²) in [5.41, 5.74) is 0.0286. The molecule has 0 atom stereocenters. The molecule has 2 aromatic rings. The Labute approximate surface area is 166 Å². The molecule has 1 N–H and O–H groups in total. The monoisotopic (exact) mass is 454 g/mol. The average molecular weight is 455 g/mol. The van der Waals surface area contributed by atoms with E-state index < -0.39 is 17.6 Å². The predicted molar refractivity (Wildman–Crippen MR) is 98.3 cm³/mol. The SMILES string of the molecule is O=C(Nc1ccc(Br)c(C(F)(F)F)c1)c1ccc(CN2C(=O)CCC2=O)cc1. The van der Waals surface area contributed by atoms with Crippen molar-refractivity contribution in [2.75, 3.05) is 5.32 Å². The molecule has 0 radical (unpaired) electrons. The van der Waals surface area contributed by atoms with Gasteiger partial charge >= 0.3 is 6.18 Å². The zero-order valence-electron chi connectivity index (χ0n) is 14.3. The van der Waals surface area contributed by atoms with E-state index in [4.69, 9.17) is 0 Å². The first kappa shape index (κ1) is 20.1. The number of hydrogen-bond acceptors (Lipinski definition) is 3. The topological polar surface area (TPSA) is 66.5 Å². The fourth-order valence-electron chi connectivity index (χ4n) is 2.77. The van der Waals surface area contributed by atoms with Gasteiger partial charge in [0.25, 0.3) is 5.91 Å². The maximum absolute atomic E-state index is 13.0. The van der Waals surface area contributed by atoms with E-state index in [1.807, 2.05) is 0 Å². The third-order valence-corrected chi connectivity index (χ3v) is 4.93. The van der Waals surface area contributed by atoms with Crippen LogP contribution in [0, 0.1) is 0 Å². The Morgan fingerprint density at radius 3 is 2.21 bits per heavy atom. The van der Waals surface area contributed by atoms with E-state index >= 15 is 0 Å². The van der Waals surface area contributed by atoms with Gasteiger partial charge in [0.2, 0.25) is 11.8 Å². The summed E-state index contributed by atoms with van der Waals surface area (Å²) < 4.78 is 38.8. The van der Waals surface area contributed by atoms with Gasteiger partial charge in [-0.15, -0.1) is 0 Å². The molecule has 3 amide bonds. The zero-order chi connectivity index (χ0) is 20.5. The van der Waals surface area contributed by atoms with E-state index in [-0.39, 0.29) is 46.9 Å². The molecule has 0 aliphatic carbocycles. The highest BCUT2D eigenvalue weighted by atomic mass is 79.9. The van der Waals surface area contributed by atoms with Gasteiger partial charge in [-0.05, 0) is 35.9 Å². The highest BCUT2D eigenvalue weighted by Crippen LogP contribution is 2.36. The second kappa shape index (κ2) is 7.75. The first-order valence-electron chi connectivity index (χ1n) is 8.25. The van der Waals surface area contributed by atoms with Crippen molar-refractivity contribution in [3.8, 4) is 0 Å². The van der Waals surface area contributed by atoms with Crippen LogP contribution in [0.3, 0.4) is 0 Å². The van der Waals surface area contributed by atoms with Gasteiger partial charge in [0.05, 0.1) is 12.1 Å². The Balaban J connectivity index is 1.70. The first-order chi connectivity index (χ1) is 13.1. The van der Waals surface area contributed by atoms with E-state index in [2.05, 4.69) is 21.2 Å². The summed E-state index contributed by atoms with van der Waals surface area (Å²) in [6.07, 6.45) is -4.15. The molecule has 0 aromatic heterocycles. The van der Waals surface area contributed by atoms with Crippen LogP contribution in [0.25, 0.3) is 0 Å². The molecule has 1 saturated heterocycles. The van der Waals surface area contributed by atoms with Crippen LogP contribution in [0.1, 0.15) is 34.3 Å². The molecule has 1 aliphatic rings. The molecule has 1 aliphatic heterocycles. The molecule has 28 heavy (non-hydrogen) atoms. The third kappa shape index (κ3) is 4.41. The first-order valence-corrected chi connectivity index (χ1v) is 9.04. The summed E-state index contributed by atoms with van der Waals surface area (Å²) in [5, 5.41) is 2.43. The smallest absolute Gasteiger partial charge is 0.322 e.